The Hall–Kier alpha value is -1.88. The van der Waals surface area contributed by atoms with E-state index < -0.39 is 0 Å². The van der Waals surface area contributed by atoms with E-state index in [0.29, 0.717) is 0 Å². The molecule has 3 aliphatic rings. The largest absolute Gasteiger partial charge is 0.369 e. The van der Waals surface area contributed by atoms with Crippen LogP contribution in [0.15, 0.2) is 36.4 Å². The lowest BCUT2D eigenvalue weighted by Crippen LogP contribution is -2.48. The molecule has 2 aliphatic carbocycles. The number of piperazine rings is 1. The van der Waals surface area contributed by atoms with Crippen LogP contribution in [0.2, 0.25) is 0 Å². The number of non-ortho nitro benzene ring substituents is 1. The van der Waals surface area contributed by atoms with Gasteiger partial charge in [0.25, 0.3) is 5.69 Å². The van der Waals surface area contributed by atoms with E-state index in [2.05, 4.69) is 22.0 Å². The van der Waals surface area contributed by atoms with Gasteiger partial charge in [-0.3, -0.25) is 15.0 Å². The van der Waals surface area contributed by atoms with Crippen molar-refractivity contribution < 1.29 is 4.92 Å². The van der Waals surface area contributed by atoms with Crippen LogP contribution in [0, 0.1) is 27.9 Å². The van der Waals surface area contributed by atoms with Crippen molar-refractivity contribution in [3.05, 3.63) is 46.5 Å². The van der Waals surface area contributed by atoms with Gasteiger partial charge in [-0.2, -0.15) is 0 Å². The molecule has 0 spiro atoms. The van der Waals surface area contributed by atoms with Crippen LogP contribution in [-0.2, 0) is 0 Å². The number of fused-ring (bicyclic) bond motifs is 2. The van der Waals surface area contributed by atoms with E-state index in [0.717, 1.165) is 49.6 Å². The highest BCUT2D eigenvalue weighted by atomic mass is 16.6. The van der Waals surface area contributed by atoms with Crippen LogP contribution >= 0.6 is 0 Å². The van der Waals surface area contributed by atoms with Gasteiger partial charge in [-0.1, -0.05) is 12.2 Å². The van der Waals surface area contributed by atoms with Gasteiger partial charge in [0.2, 0.25) is 0 Å². The van der Waals surface area contributed by atoms with Crippen LogP contribution < -0.4 is 4.90 Å². The van der Waals surface area contributed by atoms with Gasteiger partial charge in [-0.25, -0.2) is 0 Å². The standard InChI is InChI=1S/C18H23N3O2/c22-21(23)18-5-3-17(4-6-18)20-9-7-19(8-10-20)13-16-12-14-1-2-15(16)11-14/h1-6,14-16H,7-13H2/t14-,15-,16-/m0/s1. The van der Waals surface area contributed by atoms with Gasteiger partial charge in [-0.05, 0) is 42.7 Å². The van der Waals surface area contributed by atoms with E-state index in [1.54, 1.807) is 12.1 Å². The van der Waals surface area contributed by atoms with Crippen molar-refractivity contribution >= 4 is 11.4 Å². The summed E-state index contributed by atoms with van der Waals surface area (Å²) in [6.07, 6.45) is 7.61. The van der Waals surface area contributed by atoms with Crippen molar-refractivity contribution in [3.63, 3.8) is 0 Å². The molecule has 1 aromatic carbocycles. The summed E-state index contributed by atoms with van der Waals surface area (Å²) in [4.78, 5) is 15.3. The predicted molar refractivity (Wildman–Crippen MR) is 90.6 cm³/mol. The minimum Gasteiger partial charge on any atom is -0.369 e. The molecule has 2 bridgehead atoms. The Balaban J connectivity index is 1.30. The molecule has 0 aromatic heterocycles. The molecule has 23 heavy (non-hydrogen) atoms. The summed E-state index contributed by atoms with van der Waals surface area (Å²) in [7, 11) is 0. The zero-order valence-corrected chi connectivity index (χ0v) is 13.3. The fourth-order valence-electron chi connectivity index (χ4n) is 4.41. The molecular weight excluding hydrogens is 290 g/mol. The fourth-order valence-corrected chi connectivity index (χ4v) is 4.41. The van der Waals surface area contributed by atoms with Gasteiger partial charge < -0.3 is 4.90 Å². The Bertz CT molecular complexity index is 605. The molecule has 1 aromatic rings. The molecule has 0 N–H and O–H groups in total. The number of allylic oxidation sites excluding steroid dienone is 2. The number of rotatable bonds is 4. The first kappa shape index (κ1) is 14.7. The third-order valence-corrected chi connectivity index (χ3v) is 5.71. The predicted octanol–water partition coefficient (Wildman–Crippen LogP) is 2.93. The number of benzene rings is 1. The maximum absolute atomic E-state index is 10.7. The first-order chi connectivity index (χ1) is 11.2. The molecule has 5 nitrogen and oxygen atoms in total. The van der Waals surface area contributed by atoms with E-state index in [1.807, 2.05) is 12.1 Å². The maximum atomic E-state index is 10.7. The summed E-state index contributed by atoms with van der Waals surface area (Å²) < 4.78 is 0. The van der Waals surface area contributed by atoms with Gasteiger partial charge in [0.05, 0.1) is 4.92 Å². The summed E-state index contributed by atoms with van der Waals surface area (Å²) in [6.45, 7) is 5.44. The van der Waals surface area contributed by atoms with Gasteiger partial charge in [-0.15, -0.1) is 0 Å². The third-order valence-electron chi connectivity index (χ3n) is 5.71. The molecule has 1 heterocycles. The number of nitro benzene ring substituents is 1. The highest BCUT2D eigenvalue weighted by molar-refractivity contribution is 5.51. The Labute approximate surface area is 136 Å². The lowest BCUT2D eigenvalue weighted by Gasteiger charge is -2.38. The van der Waals surface area contributed by atoms with Crippen molar-refractivity contribution in [1.82, 2.24) is 4.90 Å². The SMILES string of the molecule is O=[N+]([O-])c1ccc(N2CCN(C[C@@H]3C[C@H]4C=C[C@H]3C4)CC2)cc1. The molecule has 1 saturated heterocycles. The number of hydrogen-bond acceptors (Lipinski definition) is 4. The normalized spacial score (nSPS) is 30.1. The summed E-state index contributed by atoms with van der Waals surface area (Å²) in [5.74, 6) is 2.54. The van der Waals surface area contributed by atoms with Crippen molar-refractivity contribution in [2.45, 2.75) is 12.8 Å². The van der Waals surface area contributed by atoms with E-state index in [4.69, 9.17) is 0 Å². The number of nitro groups is 1. The first-order valence-corrected chi connectivity index (χ1v) is 8.59. The first-order valence-electron chi connectivity index (χ1n) is 8.59. The summed E-state index contributed by atoms with van der Waals surface area (Å²) >= 11 is 0. The smallest absolute Gasteiger partial charge is 0.269 e. The number of nitrogens with zero attached hydrogens (tertiary/aromatic N) is 3. The Kier molecular flexibility index (Phi) is 3.81. The minimum absolute atomic E-state index is 0.164. The lowest BCUT2D eigenvalue weighted by molar-refractivity contribution is -0.384. The van der Waals surface area contributed by atoms with Crippen molar-refractivity contribution in [3.8, 4) is 0 Å². The highest BCUT2D eigenvalue weighted by Gasteiger charge is 2.36. The maximum Gasteiger partial charge on any atom is 0.269 e. The Morgan fingerprint density at radius 1 is 1.04 bits per heavy atom. The second-order valence-electron chi connectivity index (χ2n) is 7.10. The molecule has 0 radical (unpaired) electrons. The summed E-state index contributed by atoms with van der Waals surface area (Å²) in [5, 5.41) is 10.7. The molecule has 0 unspecified atom stereocenters. The van der Waals surface area contributed by atoms with E-state index in [-0.39, 0.29) is 10.6 Å². The lowest BCUT2D eigenvalue weighted by atomic mass is 9.93. The molecular formula is C18H23N3O2. The number of anilines is 1. The molecule has 0 amide bonds. The van der Waals surface area contributed by atoms with Crippen LogP contribution in [0.25, 0.3) is 0 Å². The molecule has 1 saturated carbocycles. The van der Waals surface area contributed by atoms with Crippen molar-refractivity contribution in [2.24, 2.45) is 17.8 Å². The topological polar surface area (TPSA) is 49.6 Å². The van der Waals surface area contributed by atoms with Gasteiger partial charge in [0, 0.05) is 50.5 Å². The zero-order valence-electron chi connectivity index (χ0n) is 13.3. The Morgan fingerprint density at radius 3 is 2.35 bits per heavy atom. The van der Waals surface area contributed by atoms with Gasteiger partial charge >= 0.3 is 0 Å². The minimum atomic E-state index is -0.342. The second kappa shape index (κ2) is 5.96. The molecule has 2 fully saturated rings. The molecule has 1 aliphatic heterocycles. The van der Waals surface area contributed by atoms with Crippen LogP contribution in [0.3, 0.4) is 0 Å². The van der Waals surface area contributed by atoms with Crippen LogP contribution in [-0.4, -0.2) is 42.5 Å². The van der Waals surface area contributed by atoms with Crippen molar-refractivity contribution in [1.29, 1.82) is 0 Å². The monoisotopic (exact) mass is 313 g/mol. The van der Waals surface area contributed by atoms with E-state index in [9.17, 15) is 10.1 Å². The molecule has 122 valence electrons. The van der Waals surface area contributed by atoms with Crippen LogP contribution in [0.5, 0.6) is 0 Å². The average Bonchev–Trinajstić information content (AvgIpc) is 3.18. The van der Waals surface area contributed by atoms with Gasteiger partial charge in [0.1, 0.15) is 0 Å². The summed E-state index contributed by atoms with van der Waals surface area (Å²) in [5.41, 5.74) is 1.26. The van der Waals surface area contributed by atoms with E-state index in [1.165, 1.54) is 19.4 Å². The third kappa shape index (κ3) is 2.98. The van der Waals surface area contributed by atoms with Gasteiger partial charge in [0.15, 0.2) is 0 Å². The molecule has 5 heteroatoms. The zero-order chi connectivity index (χ0) is 15.8. The second-order valence-corrected chi connectivity index (χ2v) is 7.10. The average molecular weight is 313 g/mol. The quantitative estimate of drug-likeness (QED) is 0.487. The number of hydrogen-bond donors (Lipinski definition) is 0. The van der Waals surface area contributed by atoms with Crippen LogP contribution in [0.4, 0.5) is 11.4 Å². The highest BCUT2D eigenvalue weighted by Crippen LogP contribution is 2.43. The molecule has 4 rings (SSSR count). The van der Waals surface area contributed by atoms with E-state index >= 15 is 0 Å². The van der Waals surface area contributed by atoms with Crippen molar-refractivity contribution in [2.75, 3.05) is 37.6 Å². The van der Waals surface area contributed by atoms with Crippen LogP contribution in [0.1, 0.15) is 12.8 Å². The molecule has 3 atom stereocenters. The fraction of sp³-hybridized carbons (Fsp3) is 0.556. The Morgan fingerprint density at radius 2 is 1.78 bits per heavy atom. The summed E-state index contributed by atoms with van der Waals surface area (Å²) in [6, 6.07) is 6.94.